The number of esters is 1. The van der Waals surface area contributed by atoms with Gasteiger partial charge in [-0.05, 0) is 48.0 Å². The number of amides is 1. The van der Waals surface area contributed by atoms with Crippen LogP contribution in [0.5, 0.6) is 11.5 Å². The van der Waals surface area contributed by atoms with Crippen LogP contribution in [-0.2, 0) is 9.59 Å². The Morgan fingerprint density at radius 2 is 1.59 bits per heavy atom. The second kappa shape index (κ2) is 7.07. The van der Waals surface area contributed by atoms with Gasteiger partial charge >= 0.3 is 16.2 Å². The highest BCUT2D eigenvalue weighted by molar-refractivity contribution is 8.45. The van der Waals surface area contributed by atoms with Gasteiger partial charge in [0.15, 0.2) is 11.5 Å². The smallest absolute Gasteiger partial charge is 0.310 e. The number of carbonyl (C=O) groups is 2. The van der Waals surface area contributed by atoms with E-state index in [9.17, 15) is 29.0 Å². The number of halogens is 5. The zero-order valence-electron chi connectivity index (χ0n) is 15.1. The summed E-state index contributed by atoms with van der Waals surface area (Å²) in [7, 11) is -8.40. The van der Waals surface area contributed by atoms with Crippen molar-refractivity contribution in [2.75, 3.05) is 12.4 Å². The molecule has 1 amide bonds. The Morgan fingerprint density at radius 3 is 2.10 bits per heavy atom. The first kappa shape index (κ1) is 22.2. The number of carbonyl (C=O) groups excluding carboxylic acids is 2. The number of benzene rings is 2. The molecule has 1 N–H and O–H groups in total. The summed E-state index contributed by atoms with van der Waals surface area (Å²) in [5, 5.41) is 2.26. The standard InChI is InChI=1S/C18H16F5NO4S/c1-12(25)28-16-9-3-13(11-17(16)27-2)4-10-18(26)24-14-5-7-15(8-6-14)29(19,20,21,22)23/h3-11H,1-2H3,(H,24,26). The molecule has 158 valence electrons. The number of hydrogen-bond donors (Lipinski definition) is 1. The Balaban J connectivity index is 2.09. The highest BCUT2D eigenvalue weighted by Gasteiger charge is 2.65. The average Bonchev–Trinajstić information content (AvgIpc) is 2.59. The quantitative estimate of drug-likeness (QED) is 0.263. The largest absolute Gasteiger partial charge is 0.493 e. The van der Waals surface area contributed by atoms with Gasteiger partial charge < -0.3 is 14.8 Å². The molecule has 0 fully saturated rings. The Labute approximate surface area is 162 Å². The second-order valence-corrected chi connectivity index (χ2v) is 8.23. The second-order valence-electron chi connectivity index (χ2n) is 5.82. The van der Waals surface area contributed by atoms with Crippen molar-refractivity contribution in [1.82, 2.24) is 0 Å². The van der Waals surface area contributed by atoms with E-state index in [2.05, 4.69) is 5.32 Å². The number of hydrogen-bond acceptors (Lipinski definition) is 4. The van der Waals surface area contributed by atoms with Gasteiger partial charge in [-0.3, -0.25) is 9.59 Å². The summed E-state index contributed by atoms with van der Waals surface area (Å²) < 4.78 is 73.4. The molecule has 0 saturated carbocycles. The molecule has 0 unspecified atom stereocenters. The van der Waals surface area contributed by atoms with Crippen molar-refractivity contribution in [1.29, 1.82) is 0 Å². The molecule has 0 atom stereocenters. The molecule has 2 aromatic rings. The number of methoxy groups -OCH3 is 1. The van der Waals surface area contributed by atoms with Crippen LogP contribution in [0.1, 0.15) is 12.5 Å². The monoisotopic (exact) mass is 437 g/mol. The van der Waals surface area contributed by atoms with Gasteiger partial charge in [0.2, 0.25) is 5.91 Å². The molecule has 11 heteroatoms. The van der Waals surface area contributed by atoms with Crippen LogP contribution in [0.4, 0.5) is 25.1 Å². The van der Waals surface area contributed by atoms with Gasteiger partial charge in [-0.15, -0.1) is 0 Å². The van der Waals surface area contributed by atoms with Crippen LogP contribution >= 0.6 is 10.2 Å². The summed E-state index contributed by atoms with van der Waals surface area (Å²) in [6.45, 7) is 1.22. The van der Waals surface area contributed by atoms with Crippen LogP contribution in [0.2, 0.25) is 0 Å². The first-order valence-electron chi connectivity index (χ1n) is 7.87. The molecule has 29 heavy (non-hydrogen) atoms. The third kappa shape index (κ3) is 6.49. The third-order valence-electron chi connectivity index (χ3n) is 3.44. The first-order chi connectivity index (χ1) is 13.2. The molecule has 0 spiro atoms. The summed E-state index contributed by atoms with van der Waals surface area (Å²) in [6.07, 6.45) is 2.46. The van der Waals surface area contributed by atoms with E-state index >= 15 is 0 Å². The Hall–Kier alpha value is -3.08. The van der Waals surface area contributed by atoms with Crippen molar-refractivity contribution in [3.8, 4) is 11.5 Å². The van der Waals surface area contributed by atoms with Crippen LogP contribution in [0.3, 0.4) is 0 Å². The molecule has 0 aromatic heterocycles. The number of nitrogens with one attached hydrogen (secondary N) is 1. The maximum absolute atomic E-state index is 12.7. The van der Waals surface area contributed by atoms with Gasteiger partial charge in [0.05, 0.1) is 7.11 Å². The lowest BCUT2D eigenvalue weighted by Crippen LogP contribution is -2.09. The van der Waals surface area contributed by atoms with Gasteiger partial charge in [-0.25, -0.2) is 0 Å². The lowest BCUT2D eigenvalue weighted by molar-refractivity contribution is -0.132. The van der Waals surface area contributed by atoms with E-state index in [1.807, 2.05) is 0 Å². The Kier molecular flexibility index (Phi) is 5.41. The zero-order chi connectivity index (χ0) is 21.9. The minimum Gasteiger partial charge on any atom is -0.493 e. The van der Waals surface area contributed by atoms with Gasteiger partial charge in [-0.1, -0.05) is 25.5 Å². The molecule has 0 aliphatic heterocycles. The lowest BCUT2D eigenvalue weighted by Gasteiger charge is -2.40. The highest BCUT2D eigenvalue weighted by Crippen LogP contribution is 3.02. The van der Waals surface area contributed by atoms with Gasteiger partial charge in [0.1, 0.15) is 4.90 Å². The lowest BCUT2D eigenvalue weighted by atomic mass is 10.2. The summed E-state index contributed by atoms with van der Waals surface area (Å²) in [5.74, 6) is -0.810. The summed E-state index contributed by atoms with van der Waals surface area (Å²) in [6, 6.07) is 6.36. The minimum absolute atomic E-state index is 0.0898. The predicted molar refractivity (Wildman–Crippen MR) is 99.8 cm³/mol. The van der Waals surface area contributed by atoms with Crippen molar-refractivity contribution in [2.45, 2.75) is 11.8 Å². The molecule has 0 heterocycles. The van der Waals surface area contributed by atoms with E-state index in [4.69, 9.17) is 9.47 Å². The summed E-state index contributed by atoms with van der Waals surface area (Å²) >= 11 is 0. The van der Waals surface area contributed by atoms with Crippen LogP contribution < -0.4 is 14.8 Å². The van der Waals surface area contributed by atoms with Crippen molar-refractivity contribution in [3.63, 3.8) is 0 Å². The van der Waals surface area contributed by atoms with Crippen molar-refractivity contribution < 1.29 is 38.5 Å². The molecule has 0 radical (unpaired) electrons. The van der Waals surface area contributed by atoms with Crippen molar-refractivity contribution >= 4 is 33.9 Å². The topological polar surface area (TPSA) is 64.6 Å². The molecule has 0 aliphatic carbocycles. The highest BCUT2D eigenvalue weighted by atomic mass is 32.5. The number of anilines is 1. The maximum Gasteiger partial charge on any atom is 0.310 e. The molecule has 0 saturated heterocycles. The van der Waals surface area contributed by atoms with Crippen LogP contribution in [0, 0.1) is 0 Å². The normalized spacial score (nSPS) is 14.0. The molecular formula is C18H16F5NO4S. The molecule has 2 rings (SSSR count). The number of ether oxygens (including phenoxy) is 2. The van der Waals surface area contributed by atoms with E-state index in [1.165, 1.54) is 38.3 Å². The van der Waals surface area contributed by atoms with E-state index in [-0.39, 0.29) is 29.3 Å². The van der Waals surface area contributed by atoms with Crippen molar-refractivity contribution in [3.05, 3.63) is 54.1 Å². The maximum atomic E-state index is 12.7. The third-order valence-corrected chi connectivity index (χ3v) is 4.60. The molecular weight excluding hydrogens is 421 g/mol. The van der Waals surface area contributed by atoms with E-state index < -0.39 is 27.0 Å². The fourth-order valence-corrected chi connectivity index (χ4v) is 2.83. The molecule has 2 aromatic carbocycles. The van der Waals surface area contributed by atoms with Gasteiger partial charge in [-0.2, -0.15) is 0 Å². The van der Waals surface area contributed by atoms with E-state index in [1.54, 1.807) is 0 Å². The van der Waals surface area contributed by atoms with E-state index in [0.29, 0.717) is 5.56 Å². The van der Waals surface area contributed by atoms with E-state index in [0.717, 1.165) is 18.2 Å². The Morgan fingerprint density at radius 1 is 0.966 bits per heavy atom. The van der Waals surface area contributed by atoms with Crippen LogP contribution in [0.15, 0.2) is 53.4 Å². The van der Waals surface area contributed by atoms with Gasteiger partial charge in [0.25, 0.3) is 0 Å². The molecule has 0 aliphatic rings. The zero-order valence-corrected chi connectivity index (χ0v) is 15.9. The van der Waals surface area contributed by atoms with Crippen LogP contribution in [0.25, 0.3) is 6.08 Å². The first-order valence-corrected chi connectivity index (χ1v) is 9.83. The fraction of sp³-hybridized carbons (Fsp3) is 0.111. The number of rotatable bonds is 6. The van der Waals surface area contributed by atoms with Crippen molar-refractivity contribution in [2.24, 2.45) is 0 Å². The average molecular weight is 437 g/mol. The summed E-state index contributed by atoms with van der Waals surface area (Å²) in [4.78, 5) is 20.9. The Bertz CT molecular complexity index is 973. The molecule has 5 nitrogen and oxygen atoms in total. The SMILES string of the molecule is COc1cc(C=CC(=O)Nc2ccc(S(F)(F)(F)(F)F)cc2)ccc1OC(C)=O. The summed E-state index contributed by atoms with van der Waals surface area (Å²) in [5.41, 5.74) is 0.414. The minimum atomic E-state index is -9.76. The predicted octanol–water partition coefficient (Wildman–Crippen LogP) is 5.93. The van der Waals surface area contributed by atoms with Gasteiger partial charge in [0, 0.05) is 18.7 Å². The fourth-order valence-electron chi connectivity index (χ4n) is 2.18. The molecule has 0 bridgehead atoms. The van der Waals surface area contributed by atoms with Crippen LogP contribution in [-0.4, -0.2) is 19.0 Å².